The first-order valence-electron chi connectivity index (χ1n) is 6.86. The molecule has 3 rings (SSSR count). The fourth-order valence-corrected chi connectivity index (χ4v) is 2.70. The lowest BCUT2D eigenvalue weighted by molar-refractivity contribution is 0.0541. The van der Waals surface area contributed by atoms with Crippen LogP contribution in [0.2, 0.25) is 0 Å². The number of benzene rings is 1. The summed E-state index contributed by atoms with van der Waals surface area (Å²) in [6.07, 6.45) is 3.71. The van der Waals surface area contributed by atoms with Crippen molar-refractivity contribution in [3.8, 4) is 6.07 Å². The predicted octanol–water partition coefficient (Wildman–Crippen LogP) is 3.09. The average molecular weight is 267 g/mol. The number of fused-ring (bicyclic) bond motifs is 1. The fourth-order valence-electron chi connectivity index (χ4n) is 2.70. The van der Waals surface area contributed by atoms with Gasteiger partial charge in [-0.2, -0.15) is 5.26 Å². The monoisotopic (exact) mass is 267 g/mol. The van der Waals surface area contributed by atoms with Crippen molar-refractivity contribution in [1.29, 1.82) is 5.26 Å². The van der Waals surface area contributed by atoms with E-state index in [0.717, 1.165) is 36.0 Å². The summed E-state index contributed by atoms with van der Waals surface area (Å²) in [4.78, 5) is 4.33. The summed E-state index contributed by atoms with van der Waals surface area (Å²) in [5, 5.41) is 13.8. The number of nitriles is 1. The zero-order chi connectivity index (χ0) is 14.0. The van der Waals surface area contributed by atoms with E-state index in [0.29, 0.717) is 12.2 Å². The van der Waals surface area contributed by atoms with Gasteiger partial charge in [-0.1, -0.05) is 18.2 Å². The van der Waals surface area contributed by atoms with Crippen LogP contribution in [0.4, 0.5) is 5.69 Å². The molecule has 0 amide bonds. The van der Waals surface area contributed by atoms with Crippen molar-refractivity contribution in [3.05, 3.63) is 36.0 Å². The number of para-hydroxylation sites is 1. The van der Waals surface area contributed by atoms with E-state index in [1.165, 1.54) is 0 Å². The summed E-state index contributed by atoms with van der Waals surface area (Å²) in [6.45, 7) is 3.62. The van der Waals surface area contributed by atoms with Gasteiger partial charge < -0.3 is 10.1 Å². The molecule has 1 saturated heterocycles. The summed E-state index contributed by atoms with van der Waals surface area (Å²) in [6, 6.07) is 10.1. The van der Waals surface area contributed by atoms with Gasteiger partial charge in [0.2, 0.25) is 0 Å². The number of hydrogen-bond acceptors (Lipinski definition) is 4. The first kappa shape index (κ1) is 12.9. The van der Waals surface area contributed by atoms with Crippen molar-refractivity contribution >= 4 is 16.6 Å². The summed E-state index contributed by atoms with van der Waals surface area (Å²) < 4.78 is 5.58. The van der Waals surface area contributed by atoms with E-state index in [9.17, 15) is 5.26 Å². The van der Waals surface area contributed by atoms with Crippen LogP contribution in [0.15, 0.2) is 30.5 Å². The maximum Gasteiger partial charge on any atom is 0.103 e. The third-order valence-electron chi connectivity index (χ3n) is 3.76. The highest BCUT2D eigenvalue weighted by Crippen LogP contribution is 2.31. The largest absolute Gasteiger partial charge is 0.379 e. The molecule has 0 aliphatic carbocycles. The van der Waals surface area contributed by atoms with E-state index in [1.807, 2.05) is 24.3 Å². The molecule has 1 aliphatic heterocycles. The lowest BCUT2D eigenvalue weighted by Crippen LogP contribution is -2.43. The normalized spacial score (nSPS) is 22.4. The van der Waals surface area contributed by atoms with Crippen LogP contribution < -0.4 is 5.32 Å². The first-order chi connectivity index (χ1) is 9.72. The number of pyridine rings is 1. The summed E-state index contributed by atoms with van der Waals surface area (Å²) >= 11 is 0. The quantitative estimate of drug-likeness (QED) is 0.908. The standard InChI is InChI=1S/C16H17N3O/c1-16(7-4-8-20-11-16)19-15-12(9-17)10-18-14-6-3-2-5-13(14)15/h2-3,5-6,10H,4,7-8,11H2,1H3,(H,18,19). The van der Waals surface area contributed by atoms with E-state index in [-0.39, 0.29) is 5.54 Å². The zero-order valence-corrected chi connectivity index (χ0v) is 11.5. The Morgan fingerprint density at radius 1 is 1.40 bits per heavy atom. The Kier molecular flexibility index (Phi) is 3.29. The van der Waals surface area contributed by atoms with Crippen LogP contribution in [-0.4, -0.2) is 23.7 Å². The molecule has 4 nitrogen and oxygen atoms in total. The molecule has 0 radical (unpaired) electrons. The van der Waals surface area contributed by atoms with E-state index in [4.69, 9.17) is 4.74 Å². The van der Waals surface area contributed by atoms with Gasteiger partial charge in [-0.15, -0.1) is 0 Å². The Morgan fingerprint density at radius 3 is 3.00 bits per heavy atom. The van der Waals surface area contributed by atoms with Crippen molar-refractivity contribution < 1.29 is 4.74 Å². The predicted molar refractivity (Wildman–Crippen MR) is 78.5 cm³/mol. The van der Waals surface area contributed by atoms with E-state index >= 15 is 0 Å². The molecule has 1 fully saturated rings. The summed E-state index contributed by atoms with van der Waals surface area (Å²) in [5.74, 6) is 0. The SMILES string of the molecule is CC1(Nc2c(C#N)cnc3ccccc23)CCCOC1. The molecular formula is C16H17N3O. The van der Waals surface area contributed by atoms with Gasteiger partial charge in [0.1, 0.15) is 6.07 Å². The molecule has 2 aromatic rings. The molecule has 1 unspecified atom stereocenters. The van der Waals surface area contributed by atoms with Gasteiger partial charge in [0.15, 0.2) is 0 Å². The lowest BCUT2D eigenvalue weighted by atomic mass is 9.93. The second-order valence-corrected chi connectivity index (χ2v) is 5.52. The molecule has 20 heavy (non-hydrogen) atoms. The summed E-state index contributed by atoms with van der Waals surface area (Å²) in [7, 11) is 0. The number of aromatic nitrogens is 1. The van der Waals surface area contributed by atoms with Crippen LogP contribution in [0.1, 0.15) is 25.3 Å². The van der Waals surface area contributed by atoms with E-state index < -0.39 is 0 Å². The number of anilines is 1. The second kappa shape index (κ2) is 5.10. The highest BCUT2D eigenvalue weighted by molar-refractivity contribution is 5.94. The van der Waals surface area contributed by atoms with Gasteiger partial charge in [-0.3, -0.25) is 4.98 Å². The minimum atomic E-state index is -0.131. The van der Waals surface area contributed by atoms with E-state index in [2.05, 4.69) is 23.3 Å². The van der Waals surface area contributed by atoms with Crippen LogP contribution in [0.5, 0.6) is 0 Å². The van der Waals surface area contributed by atoms with Crippen molar-refractivity contribution in [1.82, 2.24) is 4.98 Å². The molecule has 2 heterocycles. The van der Waals surface area contributed by atoms with Gasteiger partial charge in [0.05, 0.1) is 28.9 Å². The Labute approximate surface area is 118 Å². The molecule has 0 saturated carbocycles. The maximum atomic E-state index is 9.33. The maximum absolute atomic E-state index is 9.33. The number of nitrogens with one attached hydrogen (secondary N) is 1. The van der Waals surface area contributed by atoms with Crippen molar-refractivity contribution in [3.63, 3.8) is 0 Å². The van der Waals surface area contributed by atoms with Crippen LogP contribution in [0.25, 0.3) is 10.9 Å². The highest BCUT2D eigenvalue weighted by atomic mass is 16.5. The molecule has 0 bridgehead atoms. The molecule has 102 valence electrons. The molecule has 4 heteroatoms. The third-order valence-corrected chi connectivity index (χ3v) is 3.76. The van der Waals surface area contributed by atoms with Crippen LogP contribution in [-0.2, 0) is 4.74 Å². The molecular weight excluding hydrogens is 250 g/mol. The minimum Gasteiger partial charge on any atom is -0.379 e. The smallest absolute Gasteiger partial charge is 0.103 e. The zero-order valence-electron chi connectivity index (χ0n) is 11.5. The van der Waals surface area contributed by atoms with Crippen molar-refractivity contribution in [2.24, 2.45) is 0 Å². The molecule has 1 N–H and O–H groups in total. The number of nitrogens with zero attached hydrogens (tertiary/aromatic N) is 2. The van der Waals surface area contributed by atoms with Gasteiger partial charge in [-0.05, 0) is 25.8 Å². The Morgan fingerprint density at radius 2 is 2.25 bits per heavy atom. The Bertz CT molecular complexity index is 669. The van der Waals surface area contributed by atoms with Crippen LogP contribution in [0, 0.1) is 11.3 Å². The number of rotatable bonds is 2. The highest BCUT2D eigenvalue weighted by Gasteiger charge is 2.28. The Balaban J connectivity index is 2.07. The van der Waals surface area contributed by atoms with Crippen LogP contribution in [0.3, 0.4) is 0 Å². The van der Waals surface area contributed by atoms with Gasteiger partial charge >= 0.3 is 0 Å². The number of ether oxygens (including phenoxy) is 1. The Hall–Kier alpha value is -2.12. The topological polar surface area (TPSA) is 57.9 Å². The third kappa shape index (κ3) is 2.33. The van der Waals surface area contributed by atoms with E-state index in [1.54, 1.807) is 6.20 Å². The van der Waals surface area contributed by atoms with Crippen molar-refractivity contribution in [2.45, 2.75) is 25.3 Å². The molecule has 0 spiro atoms. The van der Waals surface area contributed by atoms with Gasteiger partial charge in [0, 0.05) is 18.2 Å². The van der Waals surface area contributed by atoms with Crippen molar-refractivity contribution in [2.75, 3.05) is 18.5 Å². The van der Waals surface area contributed by atoms with Gasteiger partial charge in [-0.25, -0.2) is 0 Å². The fraction of sp³-hybridized carbons (Fsp3) is 0.375. The molecule has 1 aromatic heterocycles. The second-order valence-electron chi connectivity index (χ2n) is 5.52. The first-order valence-corrected chi connectivity index (χ1v) is 6.86. The van der Waals surface area contributed by atoms with Gasteiger partial charge in [0.25, 0.3) is 0 Å². The lowest BCUT2D eigenvalue weighted by Gasteiger charge is -2.35. The average Bonchev–Trinajstić information content (AvgIpc) is 2.48. The minimum absolute atomic E-state index is 0.131. The molecule has 1 atom stereocenters. The van der Waals surface area contributed by atoms with Crippen LogP contribution >= 0.6 is 0 Å². The summed E-state index contributed by atoms with van der Waals surface area (Å²) in [5.41, 5.74) is 2.21. The number of hydrogen-bond donors (Lipinski definition) is 1. The molecule has 1 aromatic carbocycles. The molecule has 1 aliphatic rings.